The molecular formula is C13H19Cl2N3O. The Morgan fingerprint density at radius 1 is 1.47 bits per heavy atom. The number of nitrogens with one attached hydrogen (secondary N) is 1. The normalized spacial score (nSPS) is 13.4. The molecule has 0 saturated heterocycles. The molecule has 0 amide bonds. The van der Waals surface area contributed by atoms with Crippen molar-refractivity contribution in [1.29, 1.82) is 0 Å². The van der Waals surface area contributed by atoms with E-state index in [-0.39, 0.29) is 6.04 Å². The van der Waals surface area contributed by atoms with Crippen LogP contribution in [0.3, 0.4) is 0 Å². The number of ether oxygens (including phenoxy) is 1. The molecule has 0 fully saturated rings. The van der Waals surface area contributed by atoms with E-state index in [0.29, 0.717) is 35.8 Å². The van der Waals surface area contributed by atoms with E-state index in [4.69, 9.17) is 33.7 Å². The third-order valence-corrected chi connectivity index (χ3v) is 3.08. The third kappa shape index (κ3) is 5.68. The van der Waals surface area contributed by atoms with Crippen molar-refractivity contribution in [2.45, 2.75) is 19.9 Å². The summed E-state index contributed by atoms with van der Waals surface area (Å²) in [6.07, 6.45) is 0. The largest absolute Gasteiger partial charge is 0.380 e. The molecule has 0 aromatic heterocycles. The lowest BCUT2D eigenvalue weighted by Gasteiger charge is -2.16. The number of nitrogens with zero attached hydrogens (tertiary/aromatic N) is 1. The first-order valence-corrected chi connectivity index (χ1v) is 6.89. The van der Waals surface area contributed by atoms with Gasteiger partial charge in [0.15, 0.2) is 5.96 Å². The van der Waals surface area contributed by atoms with E-state index in [9.17, 15) is 0 Å². The molecule has 0 aliphatic carbocycles. The Labute approximate surface area is 123 Å². The number of rotatable bonds is 6. The minimum absolute atomic E-state index is 0.0411. The molecule has 1 aromatic rings. The van der Waals surface area contributed by atoms with Crippen LogP contribution in [0.25, 0.3) is 0 Å². The van der Waals surface area contributed by atoms with E-state index >= 15 is 0 Å². The number of nitrogens with two attached hydrogens (primary N) is 1. The molecule has 0 spiro atoms. The lowest BCUT2D eigenvalue weighted by molar-refractivity contribution is 0.155. The summed E-state index contributed by atoms with van der Waals surface area (Å²) in [4.78, 5) is 4.16. The second-order valence-corrected chi connectivity index (χ2v) is 4.84. The Bertz CT molecular complexity index is 438. The van der Waals surface area contributed by atoms with Crippen LogP contribution in [-0.4, -0.2) is 25.7 Å². The maximum atomic E-state index is 6.13. The minimum Gasteiger partial charge on any atom is -0.380 e. The molecule has 6 heteroatoms. The molecule has 0 radical (unpaired) electrons. The molecule has 0 bridgehead atoms. The molecule has 4 nitrogen and oxygen atoms in total. The van der Waals surface area contributed by atoms with Gasteiger partial charge in [0.05, 0.1) is 19.2 Å². The van der Waals surface area contributed by atoms with Crippen LogP contribution in [0.15, 0.2) is 23.2 Å². The number of benzene rings is 1. The molecular weight excluding hydrogens is 285 g/mol. The van der Waals surface area contributed by atoms with Crippen molar-refractivity contribution in [2.24, 2.45) is 10.7 Å². The lowest BCUT2D eigenvalue weighted by Crippen LogP contribution is -2.34. The van der Waals surface area contributed by atoms with Gasteiger partial charge in [-0.15, -0.1) is 0 Å². The first-order valence-electron chi connectivity index (χ1n) is 6.13. The molecule has 0 heterocycles. The van der Waals surface area contributed by atoms with Gasteiger partial charge in [-0.05, 0) is 31.5 Å². The van der Waals surface area contributed by atoms with Crippen molar-refractivity contribution in [1.82, 2.24) is 5.32 Å². The summed E-state index contributed by atoms with van der Waals surface area (Å²) in [5.41, 5.74) is 6.71. The van der Waals surface area contributed by atoms with Crippen LogP contribution >= 0.6 is 23.2 Å². The van der Waals surface area contributed by atoms with Crippen LogP contribution in [0.4, 0.5) is 0 Å². The number of hydrogen-bond acceptors (Lipinski definition) is 2. The van der Waals surface area contributed by atoms with Crippen LogP contribution < -0.4 is 11.1 Å². The van der Waals surface area contributed by atoms with Gasteiger partial charge in [0, 0.05) is 16.7 Å². The fourth-order valence-electron chi connectivity index (χ4n) is 1.57. The summed E-state index contributed by atoms with van der Waals surface area (Å²) in [5, 5.41) is 4.29. The van der Waals surface area contributed by atoms with Gasteiger partial charge >= 0.3 is 0 Å². The summed E-state index contributed by atoms with van der Waals surface area (Å²) >= 11 is 12.0. The summed E-state index contributed by atoms with van der Waals surface area (Å²) < 4.78 is 5.18. The van der Waals surface area contributed by atoms with Gasteiger partial charge in [-0.25, -0.2) is 0 Å². The van der Waals surface area contributed by atoms with Crippen molar-refractivity contribution in [3.05, 3.63) is 33.8 Å². The van der Waals surface area contributed by atoms with E-state index in [1.54, 1.807) is 12.1 Å². The Hall–Kier alpha value is -0.970. The van der Waals surface area contributed by atoms with E-state index in [1.807, 2.05) is 19.9 Å². The zero-order valence-corrected chi connectivity index (χ0v) is 12.6. The van der Waals surface area contributed by atoms with Crippen molar-refractivity contribution < 1.29 is 4.74 Å². The maximum Gasteiger partial charge on any atom is 0.189 e. The third-order valence-electron chi connectivity index (χ3n) is 2.52. The molecule has 0 saturated carbocycles. The van der Waals surface area contributed by atoms with Crippen molar-refractivity contribution in [3.8, 4) is 0 Å². The first kappa shape index (κ1) is 16.1. The molecule has 1 unspecified atom stereocenters. The number of halogens is 2. The predicted octanol–water partition coefficient (Wildman–Crippen LogP) is 3.00. The predicted molar refractivity (Wildman–Crippen MR) is 81.0 cm³/mol. The molecule has 1 rings (SSSR count). The zero-order chi connectivity index (χ0) is 14.3. The highest BCUT2D eigenvalue weighted by Crippen LogP contribution is 2.25. The highest BCUT2D eigenvalue weighted by atomic mass is 35.5. The molecule has 0 aliphatic heterocycles. The van der Waals surface area contributed by atoms with E-state index in [1.165, 1.54) is 0 Å². The average molecular weight is 304 g/mol. The highest BCUT2D eigenvalue weighted by Gasteiger charge is 2.10. The smallest absolute Gasteiger partial charge is 0.189 e. The first-order chi connectivity index (χ1) is 9.04. The Balaban J connectivity index is 2.56. The zero-order valence-electron chi connectivity index (χ0n) is 11.1. The molecule has 1 atom stereocenters. The van der Waals surface area contributed by atoms with Gasteiger partial charge in [0.1, 0.15) is 0 Å². The average Bonchev–Trinajstić information content (AvgIpc) is 2.34. The van der Waals surface area contributed by atoms with Gasteiger partial charge < -0.3 is 15.8 Å². The minimum atomic E-state index is -0.0411. The van der Waals surface area contributed by atoms with Crippen LogP contribution in [0, 0.1) is 0 Å². The van der Waals surface area contributed by atoms with Crippen molar-refractivity contribution >= 4 is 29.2 Å². The van der Waals surface area contributed by atoms with Gasteiger partial charge in [-0.1, -0.05) is 29.3 Å². The topological polar surface area (TPSA) is 59.6 Å². The standard InChI is InChI=1S/C13H19Cl2N3O/c1-3-19-7-6-17-13(16)18-9(2)11-5-4-10(14)8-12(11)15/h4-5,8-9H,3,6-7H2,1-2H3,(H3,16,17,18). The second-order valence-electron chi connectivity index (χ2n) is 4.00. The quantitative estimate of drug-likeness (QED) is 0.482. The van der Waals surface area contributed by atoms with Crippen LogP contribution in [0.5, 0.6) is 0 Å². The summed E-state index contributed by atoms with van der Waals surface area (Å²) in [6, 6.07) is 5.33. The number of guanidine groups is 1. The SMILES string of the molecule is CCOCCN=C(N)NC(C)c1ccc(Cl)cc1Cl. The fraction of sp³-hybridized carbons (Fsp3) is 0.462. The van der Waals surface area contributed by atoms with Crippen molar-refractivity contribution in [2.75, 3.05) is 19.8 Å². The molecule has 19 heavy (non-hydrogen) atoms. The summed E-state index contributed by atoms with van der Waals surface area (Å²) in [6.45, 7) is 5.68. The Morgan fingerprint density at radius 2 is 2.21 bits per heavy atom. The number of aliphatic imine (C=N–C) groups is 1. The van der Waals surface area contributed by atoms with E-state index in [2.05, 4.69) is 10.3 Å². The Morgan fingerprint density at radius 3 is 2.84 bits per heavy atom. The van der Waals surface area contributed by atoms with Gasteiger partial charge in [0.2, 0.25) is 0 Å². The molecule has 3 N–H and O–H groups in total. The molecule has 106 valence electrons. The second kappa shape index (κ2) is 8.25. The Kier molecular flexibility index (Phi) is 6.99. The van der Waals surface area contributed by atoms with E-state index in [0.717, 1.165) is 5.56 Å². The van der Waals surface area contributed by atoms with Gasteiger partial charge in [-0.2, -0.15) is 0 Å². The lowest BCUT2D eigenvalue weighted by atomic mass is 10.1. The van der Waals surface area contributed by atoms with Gasteiger partial charge in [0.25, 0.3) is 0 Å². The van der Waals surface area contributed by atoms with Crippen LogP contribution in [0.2, 0.25) is 10.0 Å². The summed E-state index contributed by atoms with van der Waals surface area (Å²) in [7, 11) is 0. The maximum absolute atomic E-state index is 6.13. The molecule has 0 aliphatic rings. The highest BCUT2D eigenvalue weighted by molar-refractivity contribution is 6.35. The van der Waals surface area contributed by atoms with Crippen molar-refractivity contribution in [3.63, 3.8) is 0 Å². The van der Waals surface area contributed by atoms with E-state index < -0.39 is 0 Å². The number of hydrogen-bond donors (Lipinski definition) is 2. The molecule has 1 aromatic carbocycles. The van der Waals surface area contributed by atoms with Gasteiger partial charge in [-0.3, -0.25) is 4.99 Å². The monoisotopic (exact) mass is 303 g/mol. The van der Waals surface area contributed by atoms with Crippen LogP contribution in [0.1, 0.15) is 25.5 Å². The summed E-state index contributed by atoms with van der Waals surface area (Å²) in [5.74, 6) is 0.373. The fourth-order valence-corrected chi connectivity index (χ4v) is 2.15. The van der Waals surface area contributed by atoms with Crippen LogP contribution in [-0.2, 0) is 4.74 Å².